The molecule has 0 radical (unpaired) electrons. The van der Waals surface area contributed by atoms with E-state index in [4.69, 9.17) is 30.5 Å². The van der Waals surface area contributed by atoms with E-state index in [2.05, 4.69) is 0 Å². The first-order valence-corrected chi connectivity index (χ1v) is 11.6. The lowest BCUT2D eigenvalue weighted by atomic mass is 9.90. The van der Waals surface area contributed by atoms with Crippen molar-refractivity contribution in [2.45, 2.75) is 56.4 Å². The molecule has 9 heteroatoms. The molecular formula is C25H29ClO8. The molecule has 2 aliphatic rings. The summed E-state index contributed by atoms with van der Waals surface area (Å²) in [6, 6.07) is 13.0. The second kappa shape index (κ2) is 11.0. The van der Waals surface area contributed by atoms with Crippen LogP contribution in [0.25, 0.3) is 0 Å². The van der Waals surface area contributed by atoms with Crippen molar-refractivity contribution in [3.63, 3.8) is 0 Å². The Balaban J connectivity index is 1.48. The largest absolute Gasteiger partial charge is 0.488 e. The fourth-order valence-electron chi connectivity index (χ4n) is 4.17. The van der Waals surface area contributed by atoms with Crippen LogP contribution in [0.4, 0.5) is 0 Å². The van der Waals surface area contributed by atoms with Crippen molar-refractivity contribution in [2.24, 2.45) is 0 Å². The second-order valence-corrected chi connectivity index (χ2v) is 9.05. The zero-order valence-corrected chi connectivity index (χ0v) is 19.6. The summed E-state index contributed by atoms with van der Waals surface area (Å²) in [5.74, 6) is 0.249. The Labute approximate surface area is 203 Å². The van der Waals surface area contributed by atoms with Crippen molar-refractivity contribution >= 4 is 17.6 Å². The van der Waals surface area contributed by atoms with Gasteiger partial charge in [0.05, 0.1) is 13.2 Å². The topological polar surface area (TPSA) is 115 Å². The molecule has 0 aliphatic carbocycles. The number of ether oxygens (including phenoxy) is 4. The quantitative estimate of drug-likeness (QED) is 0.504. The van der Waals surface area contributed by atoms with Gasteiger partial charge in [-0.15, -0.1) is 0 Å². The predicted octanol–water partition coefficient (Wildman–Crippen LogP) is 2.18. The van der Waals surface area contributed by atoms with Gasteiger partial charge in [-0.3, -0.25) is 4.79 Å². The van der Waals surface area contributed by atoms with Gasteiger partial charge in [0.15, 0.2) is 0 Å². The smallest absolute Gasteiger partial charge is 0.302 e. The lowest BCUT2D eigenvalue weighted by Crippen LogP contribution is -2.55. The van der Waals surface area contributed by atoms with Gasteiger partial charge in [-0.2, -0.15) is 0 Å². The van der Waals surface area contributed by atoms with E-state index in [1.54, 1.807) is 12.1 Å². The molecule has 2 aromatic rings. The van der Waals surface area contributed by atoms with Crippen molar-refractivity contribution in [2.75, 3.05) is 19.8 Å². The van der Waals surface area contributed by atoms with Gasteiger partial charge in [0.25, 0.3) is 0 Å². The highest BCUT2D eigenvalue weighted by Gasteiger charge is 2.44. The van der Waals surface area contributed by atoms with E-state index in [1.807, 2.05) is 30.3 Å². The van der Waals surface area contributed by atoms with Crippen LogP contribution in [0, 0.1) is 0 Å². The number of halogens is 1. The Hall–Kier alpha value is -2.20. The number of rotatable bonds is 7. The maximum absolute atomic E-state index is 11.2. The summed E-state index contributed by atoms with van der Waals surface area (Å²) < 4.78 is 22.0. The van der Waals surface area contributed by atoms with Crippen LogP contribution in [0.2, 0.25) is 5.02 Å². The number of benzene rings is 2. The van der Waals surface area contributed by atoms with E-state index in [9.17, 15) is 20.1 Å². The molecule has 2 heterocycles. The van der Waals surface area contributed by atoms with Gasteiger partial charge >= 0.3 is 5.97 Å². The van der Waals surface area contributed by atoms with E-state index < -0.39 is 36.5 Å². The predicted molar refractivity (Wildman–Crippen MR) is 123 cm³/mol. The van der Waals surface area contributed by atoms with Crippen molar-refractivity contribution in [1.82, 2.24) is 0 Å². The lowest BCUT2D eigenvalue weighted by molar-refractivity contribution is -0.234. The molecule has 2 aliphatic heterocycles. The van der Waals surface area contributed by atoms with Crippen LogP contribution in [0.5, 0.6) is 5.75 Å². The van der Waals surface area contributed by atoms with Gasteiger partial charge in [-0.1, -0.05) is 35.9 Å². The van der Waals surface area contributed by atoms with Crippen molar-refractivity contribution in [3.8, 4) is 5.75 Å². The molecular weight excluding hydrogens is 464 g/mol. The highest BCUT2D eigenvalue weighted by molar-refractivity contribution is 6.31. The summed E-state index contributed by atoms with van der Waals surface area (Å²) in [7, 11) is 0. The minimum absolute atomic E-state index is 0.0810. The fraction of sp³-hybridized carbons (Fsp3) is 0.480. The van der Waals surface area contributed by atoms with E-state index in [0.29, 0.717) is 23.6 Å². The average molecular weight is 493 g/mol. The normalized spacial score (nSPS) is 29.1. The van der Waals surface area contributed by atoms with E-state index in [-0.39, 0.29) is 12.7 Å². The highest BCUT2D eigenvalue weighted by atomic mass is 35.5. The minimum atomic E-state index is -1.46. The first-order chi connectivity index (χ1) is 16.3. The maximum Gasteiger partial charge on any atom is 0.302 e. The van der Waals surface area contributed by atoms with Gasteiger partial charge < -0.3 is 34.3 Å². The summed E-state index contributed by atoms with van der Waals surface area (Å²) in [5.41, 5.74) is 2.42. The second-order valence-electron chi connectivity index (χ2n) is 8.64. The summed E-state index contributed by atoms with van der Waals surface area (Å²) in [6.07, 6.45) is -4.64. The Morgan fingerprint density at radius 2 is 1.85 bits per heavy atom. The van der Waals surface area contributed by atoms with Crippen LogP contribution in [-0.4, -0.2) is 71.6 Å². The molecule has 0 spiro atoms. The molecule has 4 rings (SSSR count). The zero-order chi connectivity index (χ0) is 24.2. The third kappa shape index (κ3) is 5.89. The number of carbonyl (C=O) groups excluding carboxylic acids is 1. The van der Waals surface area contributed by atoms with E-state index in [0.717, 1.165) is 29.9 Å². The standard InChI is InChI=1S/C25H29ClO8/c1-14(27)32-13-21-22(28)23(29)24(30)25(34-21)16-4-7-20(26)17(11-16)10-15-2-5-18(6-3-15)33-19-8-9-31-12-19/h2-7,11,19,21-25,28-30H,8-10,12-13H2,1H3/t19?,21-,22+,23+,24+,25+/m1/s1. The van der Waals surface area contributed by atoms with Gasteiger partial charge in [0.2, 0.25) is 0 Å². The van der Waals surface area contributed by atoms with Gasteiger partial charge in [-0.25, -0.2) is 0 Å². The number of hydrogen-bond donors (Lipinski definition) is 3. The van der Waals surface area contributed by atoms with E-state index >= 15 is 0 Å². The fourth-order valence-corrected chi connectivity index (χ4v) is 4.36. The monoisotopic (exact) mass is 492 g/mol. The van der Waals surface area contributed by atoms with Crippen LogP contribution < -0.4 is 4.74 Å². The van der Waals surface area contributed by atoms with Crippen molar-refractivity contribution in [1.29, 1.82) is 0 Å². The Morgan fingerprint density at radius 3 is 2.53 bits per heavy atom. The van der Waals surface area contributed by atoms with E-state index in [1.165, 1.54) is 6.92 Å². The van der Waals surface area contributed by atoms with Crippen LogP contribution in [0.15, 0.2) is 42.5 Å². The minimum Gasteiger partial charge on any atom is -0.488 e. The SMILES string of the molecule is CC(=O)OC[C@H]1O[C@@H](c2ccc(Cl)c(Cc3ccc(OC4CCOC4)cc3)c2)[C@@H](O)[C@@H](O)[C@H]1O. The molecule has 0 aromatic heterocycles. The Morgan fingerprint density at radius 1 is 1.09 bits per heavy atom. The molecule has 8 nitrogen and oxygen atoms in total. The average Bonchev–Trinajstić information content (AvgIpc) is 3.33. The molecule has 2 saturated heterocycles. The summed E-state index contributed by atoms with van der Waals surface area (Å²) in [4.78, 5) is 11.2. The first-order valence-electron chi connectivity index (χ1n) is 11.3. The molecule has 2 fully saturated rings. The molecule has 3 N–H and O–H groups in total. The van der Waals surface area contributed by atoms with Crippen LogP contribution in [-0.2, 0) is 25.4 Å². The number of aliphatic hydroxyl groups excluding tert-OH is 3. The van der Waals surface area contributed by atoms with Gasteiger partial charge in [-0.05, 0) is 41.3 Å². The highest BCUT2D eigenvalue weighted by Crippen LogP contribution is 2.34. The summed E-state index contributed by atoms with van der Waals surface area (Å²) in [6.45, 7) is 2.33. The van der Waals surface area contributed by atoms with Crippen LogP contribution in [0.3, 0.4) is 0 Å². The molecule has 184 valence electrons. The molecule has 2 aromatic carbocycles. The molecule has 0 bridgehead atoms. The zero-order valence-electron chi connectivity index (χ0n) is 18.8. The molecule has 0 saturated carbocycles. The maximum atomic E-state index is 11.2. The Kier molecular flexibility index (Phi) is 8.08. The van der Waals surface area contributed by atoms with Crippen LogP contribution in [0.1, 0.15) is 36.1 Å². The van der Waals surface area contributed by atoms with Crippen molar-refractivity contribution in [3.05, 3.63) is 64.2 Å². The number of aliphatic hydroxyl groups is 3. The van der Waals surface area contributed by atoms with Gasteiger partial charge in [0.1, 0.15) is 49.0 Å². The Bertz CT molecular complexity index is 975. The number of hydrogen-bond acceptors (Lipinski definition) is 8. The summed E-state index contributed by atoms with van der Waals surface area (Å²) >= 11 is 6.44. The number of carbonyl (C=O) groups is 1. The molecule has 0 amide bonds. The summed E-state index contributed by atoms with van der Waals surface area (Å²) in [5, 5.41) is 31.7. The third-order valence-corrected chi connectivity index (χ3v) is 6.44. The van der Waals surface area contributed by atoms with Crippen LogP contribution >= 0.6 is 11.6 Å². The first kappa shape index (κ1) is 24.9. The molecule has 6 atom stereocenters. The molecule has 34 heavy (non-hydrogen) atoms. The lowest BCUT2D eigenvalue weighted by Gasteiger charge is -2.40. The van der Waals surface area contributed by atoms with Crippen molar-refractivity contribution < 1.29 is 39.1 Å². The third-order valence-electron chi connectivity index (χ3n) is 6.07. The molecule has 1 unspecified atom stereocenters. The number of esters is 1. The van der Waals surface area contributed by atoms with Gasteiger partial charge in [0, 0.05) is 18.4 Å².